The van der Waals surface area contributed by atoms with Crippen molar-refractivity contribution in [3.8, 4) is 5.75 Å². The molecule has 4 rings (SSSR count). The molecule has 0 bridgehead atoms. The van der Waals surface area contributed by atoms with Gasteiger partial charge in [0, 0.05) is 45.0 Å². The Bertz CT molecular complexity index is 803. The number of carbonyl (C=O) groups excluding carboxylic acids is 1. The zero-order chi connectivity index (χ0) is 20.8. The Labute approximate surface area is 180 Å². The number of likely N-dealkylation sites (tertiary alicyclic amines) is 1. The Hall–Kier alpha value is -2.53. The Morgan fingerprint density at radius 1 is 0.800 bits per heavy atom. The van der Waals surface area contributed by atoms with Crippen molar-refractivity contribution in [3.05, 3.63) is 60.2 Å². The molecule has 30 heavy (non-hydrogen) atoms. The number of hydrogen-bond acceptors (Lipinski definition) is 4. The average molecular weight is 408 g/mol. The van der Waals surface area contributed by atoms with Crippen LogP contribution in [0.3, 0.4) is 0 Å². The SMILES string of the molecule is COc1ccc(N2CCCN(C(C(=O)N3CCCCC3)c3ccccc3)CC2)cc1. The minimum atomic E-state index is -0.180. The third-order valence-corrected chi connectivity index (χ3v) is 6.35. The molecule has 0 aliphatic carbocycles. The van der Waals surface area contributed by atoms with Crippen molar-refractivity contribution >= 4 is 11.6 Å². The van der Waals surface area contributed by atoms with Crippen LogP contribution in [0.1, 0.15) is 37.3 Å². The monoisotopic (exact) mass is 407 g/mol. The summed E-state index contributed by atoms with van der Waals surface area (Å²) in [6.07, 6.45) is 4.53. The number of piperidine rings is 1. The number of benzene rings is 2. The van der Waals surface area contributed by atoms with E-state index in [1.807, 2.05) is 30.3 Å². The Morgan fingerprint density at radius 3 is 2.23 bits per heavy atom. The first-order valence-corrected chi connectivity index (χ1v) is 11.2. The van der Waals surface area contributed by atoms with Crippen LogP contribution in [0, 0.1) is 0 Å². The van der Waals surface area contributed by atoms with E-state index in [2.05, 4.69) is 39.0 Å². The van der Waals surface area contributed by atoms with Crippen molar-refractivity contribution in [2.24, 2.45) is 0 Å². The van der Waals surface area contributed by atoms with Gasteiger partial charge in [-0.15, -0.1) is 0 Å². The molecule has 1 amide bonds. The molecule has 2 aromatic rings. The molecule has 0 saturated carbocycles. The van der Waals surface area contributed by atoms with Crippen molar-refractivity contribution in [1.29, 1.82) is 0 Å². The first-order chi connectivity index (χ1) is 14.8. The lowest BCUT2D eigenvalue weighted by Gasteiger charge is -2.36. The van der Waals surface area contributed by atoms with Crippen LogP contribution in [0.15, 0.2) is 54.6 Å². The summed E-state index contributed by atoms with van der Waals surface area (Å²) in [6.45, 7) is 5.53. The van der Waals surface area contributed by atoms with Gasteiger partial charge in [-0.05, 0) is 55.5 Å². The molecule has 5 heteroatoms. The number of carbonyl (C=O) groups is 1. The topological polar surface area (TPSA) is 36.0 Å². The van der Waals surface area contributed by atoms with Crippen LogP contribution >= 0.6 is 0 Å². The highest BCUT2D eigenvalue weighted by Crippen LogP contribution is 2.28. The lowest BCUT2D eigenvalue weighted by molar-refractivity contribution is -0.138. The van der Waals surface area contributed by atoms with Crippen LogP contribution in [0.4, 0.5) is 5.69 Å². The quantitative estimate of drug-likeness (QED) is 0.752. The van der Waals surface area contributed by atoms with Gasteiger partial charge in [-0.2, -0.15) is 0 Å². The highest BCUT2D eigenvalue weighted by Gasteiger charge is 2.32. The lowest BCUT2D eigenvalue weighted by atomic mass is 10.0. The van der Waals surface area contributed by atoms with Crippen LogP contribution in [0.2, 0.25) is 0 Å². The minimum Gasteiger partial charge on any atom is -0.497 e. The standard InChI is InChI=1S/C25H33N3O2/c1-30-23-13-11-22(12-14-23)26-17-8-18-27(20-19-26)24(21-9-4-2-5-10-21)25(29)28-15-6-3-7-16-28/h2,4-5,9-14,24H,3,6-8,15-20H2,1H3. The first-order valence-electron chi connectivity index (χ1n) is 11.2. The normalized spacial score (nSPS) is 19.2. The summed E-state index contributed by atoms with van der Waals surface area (Å²) in [7, 11) is 1.70. The third-order valence-electron chi connectivity index (χ3n) is 6.35. The fraction of sp³-hybridized carbons (Fsp3) is 0.480. The fourth-order valence-electron chi connectivity index (χ4n) is 4.68. The number of ether oxygens (including phenoxy) is 1. The molecular formula is C25H33N3O2. The van der Waals surface area contributed by atoms with Crippen LogP contribution in [-0.4, -0.2) is 62.1 Å². The average Bonchev–Trinajstić information content (AvgIpc) is 3.07. The molecule has 0 spiro atoms. The number of nitrogens with zero attached hydrogens (tertiary/aromatic N) is 3. The molecule has 2 heterocycles. The van der Waals surface area contributed by atoms with Gasteiger partial charge in [0.15, 0.2) is 0 Å². The molecular weight excluding hydrogens is 374 g/mol. The van der Waals surface area contributed by atoms with E-state index in [9.17, 15) is 4.79 Å². The second-order valence-electron chi connectivity index (χ2n) is 8.27. The minimum absolute atomic E-state index is 0.180. The predicted octanol–water partition coefficient (Wildman–Crippen LogP) is 3.96. The van der Waals surface area contributed by atoms with Crippen molar-refractivity contribution in [2.75, 3.05) is 51.3 Å². The van der Waals surface area contributed by atoms with Crippen LogP contribution in [0.25, 0.3) is 0 Å². The van der Waals surface area contributed by atoms with Gasteiger partial charge >= 0.3 is 0 Å². The molecule has 2 saturated heterocycles. The van der Waals surface area contributed by atoms with Crippen molar-refractivity contribution in [3.63, 3.8) is 0 Å². The number of amides is 1. The van der Waals surface area contributed by atoms with E-state index < -0.39 is 0 Å². The molecule has 160 valence electrons. The van der Waals surface area contributed by atoms with Crippen molar-refractivity contribution < 1.29 is 9.53 Å². The zero-order valence-electron chi connectivity index (χ0n) is 18.0. The van der Waals surface area contributed by atoms with Gasteiger partial charge < -0.3 is 14.5 Å². The smallest absolute Gasteiger partial charge is 0.244 e. The molecule has 2 fully saturated rings. The highest BCUT2D eigenvalue weighted by atomic mass is 16.5. The molecule has 2 aromatic carbocycles. The summed E-state index contributed by atoms with van der Waals surface area (Å²) < 4.78 is 5.29. The predicted molar refractivity (Wildman–Crippen MR) is 121 cm³/mol. The van der Waals surface area contributed by atoms with Crippen LogP contribution in [-0.2, 0) is 4.79 Å². The largest absolute Gasteiger partial charge is 0.497 e. The number of rotatable bonds is 5. The van der Waals surface area contributed by atoms with E-state index in [0.29, 0.717) is 0 Å². The second kappa shape index (κ2) is 9.98. The lowest BCUT2D eigenvalue weighted by Crippen LogP contribution is -2.46. The van der Waals surface area contributed by atoms with Gasteiger partial charge in [-0.3, -0.25) is 9.69 Å². The summed E-state index contributed by atoms with van der Waals surface area (Å²) in [4.78, 5) is 20.5. The maximum Gasteiger partial charge on any atom is 0.244 e. The summed E-state index contributed by atoms with van der Waals surface area (Å²) in [6, 6.07) is 18.5. The van der Waals surface area contributed by atoms with Gasteiger partial charge in [-0.25, -0.2) is 0 Å². The van der Waals surface area contributed by atoms with Gasteiger partial charge in [0.1, 0.15) is 11.8 Å². The number of methoxy groups -OCH3 is 1. The van der Waals surface area contributed by atoms with Crippen molar-refractivity contribution in [1.82, 2.24) is 9.80 Å². The van der Waals surface area contributed by atoms with E-state index in [1.54, 1.807) is 7.11 Å². The first kappa shape index (κ1) is 20.7. The van der Waals surface area contributed by atoms with Gasteiger partial charge in [-0.1, -0.05) is 30.3 Å². The van der Waals surface area contributed by atoms with E-state index in [1.165, 1.54) is 12.1 Å². The molecule has 2 aliphatic rings. The van der Waals surface area contributed by atoms with Gasteiger partial charge in [0.2, 0.25) is 5.91 Å². The molecule has 0 radical (unpaired) electrons. The third kappa shape index (κ3) is 4.78. The number of anilines is 1. The molecule has 1 atom stereocenters. The summed E-state index contributed by atoms with van der Waals surface area (Å²) >= 11 is 0. The Morgan fingerprint density at radius 2 is 1.53 bits per heavy atom. The van der Waals surface area contributed by atoms with E-state index in [0.717, 1.165) is 69.8 Å². The van der Waals surface area contributed by atoms with Crippen molar-refractivity contribution in [2.45, 2.75) is 31.7 Å². The van der Waals surface area contributed by atoms with E-state index >= 15 is 0 Å². The van der Waals surface area contributed by atoms with Gasteiger partial charge in [0.05, 0.1) is 7.11 Å². The second-order valence-corrected chi connectivity index (χ2v) is 8.27. The molecule has 0 N–H and O–H groups in total. The van der Waals surface area contributed by atoms with E-state index in [-0.39, 0.29) is 11.9 Å². The fourth-order valence-corrected chi connectivity index (χ4v) is 4.68. The van der Waals surface area contributed by atoms with Crippen LogP contribution < -0.4 is 9.64 Å². The zero-order valence-corrected chi connectivity index (χ0v) is 18.0. The number of hydrogen-bond donors (Lipinski definition) is 0. The summed E-state index contributed by atoms with van der Waals surface area (Å²) in [5.41, 5.74) is 2.34. The van der Waals surface area contributed by atoms with E-state index in [4.69, 9.17) is 4.74 Å². The highest BCUT2D eigenvalue weighted by molar-refractivity contribution is 5.83. The summed E-state index contributed by atoms with van der Waals surface area (Å²) in [5.74, 6) is 1.16. The van der Waals surface area contributed by atoms with Gasteiger partial charge in [0.25, 0.3) is 0 Å². The molecule has 2 aliphatic heterocycles. The maximum atomic E-state index is 13.6. The van der Waals surface area contributed by atoms with Crippen LogP contribution in [0.5, 0.6) is 5.75 Å². The molecule has 0 aromatic heterocycles. The molecule has 1 unspecified atom stereocenters. The molecule has 5 nitrogen and oxygen atoms in total. The maximum absolute atomic E-state index is 13.6. The Kier molecular flexibility index (Phi) is 6.90. The Balaban J connectivity index is 1.51. The summed E-state index contributed by atoms with van der Waals surface area (Å²) in [5, 5.41) is 0.